The van der Waals surface area contributed by atoms with Crippen LogP contribution in [0.5, 0.6) is 0 Å². The number of rotatable bonds is 5. The minimum Gasteiger partial charge on any atom is -0.338 e. The highest BCUT2D eigenvalue weighted by molar-refractivity contribution is 5.88. The van der Waals surface area contributed by atoms with Crippen LogP contribution in [0, 0.1) is 0 Å². The lowest BCUT2D eigenvalue weighted by atomic mass is 10.0. The van der Waals surface area contributed by atoms with Crippen LogP contribution in [0.4, 0.5) is 0 Å². The second kappa shape index (κ2) is 8.92. The molecule has 0 atom stereocenters. The molecule has 0 unspecified atom stereocenters. The topological polar surface area (TPSA) is 93.0 Å². The molecule has 0 amide bonds. The van der Waals surface area contributed by atoms with E-state index in [1.54, 1.807) is 25.0 Å². The van der Waals surface area contributed by atoms with Gasteiger partial charge in [0.2, 0.25) is 0 Å². The number of imidazole rings is 4. The summed E-state index contributed by atoms with van der Waals surface area (Å²) in [6.07, 6.45) is 11.0. The van der Waals surface area contributed by atoms with Crippen LogP contribution in [-0.2, 0) is 0 Å². The molecule has 0 bridgehead atoms. The molecule has 4 heterocycles. The van der Waals surface area contributed by atoms with E-state index in [0.29, 0.717) is 0 Å². The van der Waals surface area contributed by atoms with Gasteiger partial charge < -0.3 is 19.1 Å². The lowest BCUT2D eigenvalue weighted by Gasteiger charge is -2.02. The minimum absolute atomic E-state index is 0.843. The van der Waals surface area contributed by atoms with Gasteiger partial charge in [-0.1, -0.05) is 12.1 Å². The minimum atomic E-state index is 0.843. The Balaban J connectivity index is 1.08. The molecule has 40 heavy (non-hydrogen) atoms. The normalized spacial score (nSPS) is 11.5. The number of fused-ring (bicyclic) bond motifs is 2. The Kier molecular flexibility index (Phi) is 4.96. The first-order valence-electron chi connectivity index (χ1n) is 12.9. The molecular weight excluding hydrogens is 496 g/mol. The summed E-state index contributed by atoms with van der Waals surface area (Å²) in [5.74, 6) is 1.69. The molecular formula is C32H22N8. The first-order chi connectivity index (χ1) is 19.8. The van der Waals surface area contributed by atoms with Gasteiger partial charge in [-0.2, -0.15) is 0 Å². The molecule has 0 radical (unpaired) electrons. The molecule has 8 nitrogen and oxygen atoms in total. The quantitative estimate of drug-likeness (QED) is 0.262. The van der Waals surface area contributed by atoms with Gasteiger partial charge >= 0.3 is 0 Å². The van der Waals surface area contributed by atoms with E-state index in [-0.39, 0.29) is 0 Å². The molecule has 4 aromatic heterocycles. The number of benzene rings is 4. The molecule has 0 saturated carbocycles. The third-order valence-electron chi connectivity index (χ3n) is 7.18. The summed E-state index contributed by atoms with van der Waals surface area (Å²) < 4.78 is 3.96. The summed E-state index contributed by atoms with van der Waals surface area (Å²) in [4.78, 5) is 24.9. The van der Waals surface area contributed by atoms with Gasteiger partial charge in [0.1, 0.15) is 11.6 Å². The number of H-pyrrole nitrogens is 2. The third kappa shape index (κ3) is 3.86. The van der Waals surface area contributed by atoms with E-state index in [1.165, 1.54) is 0 Å². The van der Waals surface area contributed by atoms with Crippen LogP contribution in [0.3, 0.4) is 0 Å². The molecule has 0 spiro atoms. The highest BCUT2D eigenvalue weighted by Crippen LogP contribution is 2.29. The monoisotopic (exact) mass is 518 g/mol. The van der Waals surface area contributed by atoms with Crippen molar-refractivity contribution in [2.75, 3.05) is 0 Å². The number of aromatic nitrogens is 8. The highest BCUT2D eigenvalue weighted by atomic mass is 15.0. The van der Waals surface area contributed by atoms with Gasteiger partial charge in [0.15, 0.2) is 0 Å². The lowest BCUT2D eigenvalue weighted by molar-refractivity contribution is 1.06. The Morgan fingerprint density at radius 1 is 0.475 bits per heavy atom. The predicted molar refractivity (Wildman–Crippen MR) is 156 cm³/mol. The van der Waals surface area contributed by atoms with Crippen molar-refractivity contribution in [3.63, 3.8) is 0 Å². The van der Waals surface area contributed by atoms with Crippen LogP contribution in [-0.4, -0.2) is 39.0 Å². The fourth-order valence-corrected chi connectivity index (χ4v) is 5.05. The van der Waals surface area contributed by atoms with Crippen LogP contribution in [0.25, 0.3) is 67.3 Å². The molecule has 4 aromatic carbocycles. The predicted octanol–water partition coefficient (Wildman–Crippen LogP) is 6.81. The number of hydrogen-bond donors (Lipinski definition) is 2. The van der Waals surface area contributed by atoms with E-state index in [1.807, 2.05) is 21.5 Å². The van der Waals surface area contributed by atoms with Gasteiger partial charge in [-0.15, -0.1) is 0 Å². The van der Waals surface area contributed by atoms with Crippen LogP contribution in [0.15, 0.2) is 122 Å². The Morgan fingerprint density at radius 3 is 1.60 bits per heavy atom. The molecule has 0 aliphatic rings. The first-order valence-corrected chi connectivity index (χ1v) is 12.9. The molecule has 0 saturated heterocycles. The van der Waals surface area contributed by atoms with Crippen LogP contribution in [0.1, 0.15) is 0 Å². The first kappa shape index (κ1) is 22.2. The zero-order valence-corrected chi connectivity index (χ0v) is 21.2. The third-order valence-corrected chi connectivity index (χ3v) is 7.18. The van der Waals surface area contributed by atoms with E-state index in [4.69, 9.17) is 9.97 Å². The van der Waals surface area contributed by atoms with Crippen molar-refractivity contribution >= 4 is 22.1 Å². The summed E-state index contributed by atoms with van der Waals surface area (Å²) in [5, 5.41) is 0. The van der Waals surface area contributed by atoms with Gasteiger partial charge in [-0.05, 0) is 83.9 Å². The number of hydrogen-bond acceptors (Lipinski definition) is 4. The standard InChI is InChI=1S/C32H22N8/c1-7-25(39-15-13-33-19-39)8-2-21(1)31-35-27-11-5-23(17-29(27)37-31)24-6-12-28-30(18-24)38-32(36-28)22-3-9-26(10-4-22)40-16-14-34-20-40/h1-20H,(H,35,37)(H,36,38). The second-order valence-electron chi connectivity index (χ2n) is 9.67. The van der Waals surface area contributed by atoms with Gasteiger partial charge in [0.25, 0.3) is 0 Å². The molecule has 190 valence electrons. The van der Waals surface area contributed by atoms with Crippen molar-refractivity contribution in [3.8, 4) is 45.3 Å². The molecule has 2 N–H and O–H groups in total. The maximum atomic E-state index is 4.89. The van der Waals surface area contributed by atoms with Crippen molar-refractivity contribution < 1.29 is 0 Å². The van der Waals surface area contributed by atoms with E-state index in [9.17, 15) is 0 Å². The molecule has 0 aliphatic heterocycles. The van der Waals surface area contributed by atoms with Gasteiger partial charge in [-0.25, -0.2) is 19.9 Å². The molecule has 8 heteroatoms. The molecule has 8 aromatic rings. The van der Waals surface area contributed by atoms with Gasteiger partial charge in [-0.3, -0.25) is 0 Å². The highest BCUT2D eigenvalue weighted by Gasteiger charge is 2.10. The molecule has 0 aliphatic carbocycles. The van der Waals surface area contributed by atoms with Crippen molar-refractivity contribution in [1.29, 1.82) is 0 Å². The second-order valence-corrected chi connectivity index (χ2v) is 9.67. The lowest BCUT2D eigenvalue weighted by Crippen LogP contribution is -1.89. The Bertz CT molecular complexity index is 1930. The van der Waals surface area contributed by atoms with Crippen LogP contribution in [0.2, 0.25) is 0 Å². The van der Waals surface area contributed by atoms with E-state index in [2.05, 4.69) is 105 Å². The summed E-state index contributed by atoms with van der Waals surface area (Å²) in [6, 6.07) is 29.2. The summed E-state index contributed by atoms with van der Waals surface area (Å²) in [7, 11) is 0. The zero-order valence-electron chi connectivity index (χ0n) is 21.2. The summed E-state index contributed by atoms with van der Waals surface area (Å²) in [5.41, 5.74) is 10.2. The SMILES string of the molecule is c1cn(-c2ccc(-c3nc4cc(-c5ccc6nc(-c7ccc(-n8ccnc8)cc7)[nH]c6c5)ccc4[nH]3)cc2)cn1. The van der Waals surface area contributed by atoms with E-state index < -0.39 is 0 Å². The van der Waals surface area contributed by atoms with Crippen molar-refractivity contribution in [2.24, 2.45) is 0 Å². The zero-order chi connectivity index (χ0) is 26.5. The number of aromatic amines is 2. The Hall–Kier alpha value is -5.76. The van der Waals surface area contributed by atoms with Crippen LogP contribution >= 0.6 is 0 Å². The molecule has 8 rings (SSSR count). The smallest absolute Gasteiger partial charge is 0.138 e. The fourth-order valence-electron chi connectivity index (χ4n) is 5.05. The Labute approximate surface area is 228 Å². The Morgan fingerprint density at radius 2 is 1.00 bits per heavy atom. The maximum absolute atomic E-state index is 4.89. The molecule has 0 fully saturated rings. The summed E-state index contributed by atoms with van der Waals surface area (Å²) in [6.45, 7) is 0. The van der Waals surface area contributed by atoms with E-state index >= 15 is 0 Å². The maximum Gasteiger partial charge on any atom is 0.138 e. The number of nitrogens with one attached hydrogen (secondary N) is 2. The summed E-state index contributed by atoms with van der Waals surface area (Å²) >= 11 is 0. The van der Waals surface area contributed by atoms with Gasteiger partial charge in [0.05, 0.1) is 34.7 Å². The van der Waals surface area contributed by atoms with Crippen molar-refractivity contribution in [2.45, 2.75) is 0 Å². The average Bonchev–Trinajstić information content (AvgIpc) is 3.83. The number of nitrogens with zero attached hydrogens (tertiary/aromatic N) is 6. The largest absolute Gasteiger partial charge is 0.338 e. The average molecular weight is 519 g/mol. The van der Waals surface area contributed by atoms with Gasteiger partial charge in [0, 0.05) is 47.3 Å². The van der Waals surface area contributed by atoms with Crippen molar-refractivity contribution in [3.05, 3.63) is 122 Å². The fraction of sp³-hybridized carbons (Fsp3) is 0. The van der Waals surface area contributed by atoms with Crippen molar-refractivity contribution in [1.82, 2.24) is 39.0 Å². The van der Waals surface area contributed by atoms with Crippen LogP contribution < -0.4 is 0 Å². The van der Waals surface area contributed by atoms with E-state index in [0.717, 1.165) is 67.3 Å².